The van der Waals surface area contributed by atoms with Gasteiger partial charge in [-0.1, -0.05) is 41.4 Å². The topological polar surface area (TPSA) is 94.6 Å². The maximum atomic E-state index is 12.3. The third-order valence-corrected chi connectivity index (χ3v) is 6.27. The van der Waals surface area contributed by atoms with Crippen LogP contribution in [-0.2, 0) is 4.79 Å². The number of rotatable bonds is 5. The van der Waals surface area contributed by atoms with Crippen molar-refractivity contribution in [1.29, 1.82) is 5.26 Å². The van der Waals surface area contributed by atoms with Crippen molar-refractivity contribution < 1.29 is 19.0 Å². The van der Waals surface area contributed by atoms with Gasteiger partial charge in [-0.3, -0.25) is 0 Å². The molecule has 0 saturated heterocycles. The number of nitrogens with two attached hydrogens (primary N) is 1. The highest BCUT2D eigenvalue weighted by atomic mass is 35.5. The molecule has 0 radical (unpaired) electrons. The lowest BCUT2D eigenvalue weighted by Gasteiger charge is -2.27. The van der Waals surface area contributed by atoms with E-state index < -0.39 is 11.9 Å². The van der Waals surface area contributed by atoms with Gasteiger partial charge in [0, 0.05) is 11.6 Å². The van der Waals surface area contributed by atoms with E-state index in [0.717, 1.165) is 16.7 Å². The molecule has 6 nitrogen and oxygen atoms in total. The molecule has 3 aromatic rings. The van der Waals surface area contributed by atoms with E-state index in [1.54, 1.807) is 42.5 Å². The summed E-state index contributed by atoms with van der Waals surface area (Å²) in [6.45, 7) is 3.71. The third kappa shape index (κ3) is 4.81. The Balaban J connectivity index is 1.55. The van der Waals surface area contributed by atoms with E-state index in [9.17, 15) is 10.1 Å². The summed E-state index contributed by atoms with van der Waals surface area (Å²) in [5.41, 5.74) is 9.89. The van der Waals surface area contributed by atoms with E-state index in [-0.39, 0.29) is 23.8 Å². The summed E-state index contributed by atoms with van der Waals surface area (Å²) >= 11 is 12.2. The molecule has 0 bridgehead atoms. The number of hydrogen-bond acceptors (Lipinski definition) is 6. The number of ether oxygens (including phenoxy) is 3. The minimum atomic E-state index is -0.573. The molecule has 1 aliphatic rings. The Morgan fingerprint density at radius 2 is 1.79 bits per heavy atom. The van der Waals surface area contributed by atoms with Crippen LogP contribution in [0.15, 0.2) is 66.1 Å². The number of fused-ring (bicyclic) bond motifs is 1. The van der Waals surface area contributed by atoms with Crippen LogP contribution in [0, 0.1) is 25.2 Å². The monoisotopic (exact) mass is 494 g/mol. The number of allylic oxidation sites excluding steroid dienone is 1. The van der Waals surface area contributed by atoms with Gasteiger partial charge in [0.15, 0.2) is 6.61 Å². The number of carbonyl (C=O) groups is 1. The number of benzene rings is 3. The van der Waals surface area contributed by atoms with Crippen molar-refractivity contribution in [1.82, 2.24) is 0 Å². The zero-order valence-electron chi connectivity index (χ0n) is 18.4. The van der Waals surface area contributed by atoms with Crippen molar-refractivity contribution in [3.8, 4) is 23.3 Å². The fourth-order valence-electron chi connectivity index (χ4n) is 3.64. The predicted molar refractivity (Wildman–Crippen MR) is 129 cm³/mol. The summed E-state index contributed by atoms with van der Waals surface area (Å²) in [6.07, 6.45) is 0. The highest BCUT2D eigenvalue weighted by molar-refractivity contribution is 6.42. The second-order valence-corrected chi connectivity index (χ2v) is 8.62. The molecule has 0 fully saturated rings. The van der Waals surface area contributed by atoms with Crippen molar-refractivity contribution in [2.45, 2.75) is 19.8 Å². The molecule has 0 aromatic heterocycles. The number of hydrogen-bond donors (Lipinski definition) is 1. The minimum absolute atomic E-state index is 0.0346. The van der Waals surface area contributed by atoms with Crippen LogP contribution in [0.1, 0.15) is 28.2 Å². The number of aryl methyl sites for hydroxylation is 2. The van der Waals surface area contributed by atoms with Gasteiger partial charge in [0.1, 0.15) is 28.9 Å². The van der Waals surface area contributed by atoms with Crippen LogP contribution in [-0.4, -0.2) is 12.6 Å². The Kier molecular flexibility index (Phi) is 6.69. The first-order chi connectivity index (χ1) is 16.3. The predicted octanol–water partition coefficient (Wildman–Crippen LogP) is 5.81. The fourth-order valence-corrected chi connectivity index (χ4v) is 3.95. The van der Waals surface area contributed by atoms with Gasteiger partial charge in [0.2, 0.25) is 5.88 Å². The Hall–Kier alpha value is -3.66. The molecule has 1 unspecified atom stereocenters. The van der Waals surface area contributed by atoms with Gasteiger partial charge >= 0.3 is 5.97 Å². The zero-order chi connectivity index (χ0) is 24.4. The SMILES string of the molecule is Cc1ccc(OCC(=O)Oc2ccc3c(c2)OC(N)=C(C#N)C3c2ccc(Cl)c(Cl)c2)cc1C. The van der Waals surface area contributed by atoms with Crippen molar-refractivity contribution >= 4 is 29.2 Å². The van der Waals surface area contributed by atoms with Gasteiger partial charge in [-0.2, -0.15) is 5.26 Å². The van der Waals surface area contributed by atoms with Crippen LogP contribution in [0.3, 0.4) is 0 Å². The van der Waals surface area contributed by atoms with E-state index in [0.29, 0.717) is 27.1 Å². The largest absolute Gasteiger partial charge is 0.482 e. The Morgan fingerprint density at radius 1 is 1.03 bits per heavy atom. The summed E-state index contributed by atoms with van der Waals surface area (Å²) in [6, 6.07) is 17.7. The number of nitriles is 1. The summed E-state index contributed by atoms with van der Waals surface area (Å²) in [4.78, 5) is 12.3. The molecular weight excluding hydrogens is 475 g/mol. The summed E-state index contributed by atoms with van der Waals surface area (Å²) in [5, 5.41) is 10.5. The van der Waals surface area contributed by atoms with Gasteiger partial charge in [0.05, 0.1) is 16.0 Å². The van der Waals surface area contributed by atoms with Crippen molar-refractivity contribution in [3.05, 3.63) is 98.4 Å². The van der Waals surface area contributed by atoms with Gasteiger partial charge in [-0.05, 0) is 60.9 Å². The van der Waals surface area contributed by atoms with E-state index in [1.807, 2.05) is 26.0 Å². The van der Waals surface area contributed by atoms with Gasteiger partial charge in [-0.25, -0.2) is 4.79 Å². The zero-order valence-corrected chi connectivity index (χ0v) is 19.9. The molecule has 0 aliphatic carbocycles. The highest BCUT2D eigenvalue weighted by Crippen LogP contribution is 2.44. The molecule has 1 aliphatic heterocycles. The van der Waals surface area contributed by atoms with Crippen LogP contribution < -0.4 is 19.9 Å². The van der Waals surface area contributed by atoms with Crippen LogP contribution in [0.4, 0.5) is 0 Å². The van der Waals surface area contributed by atoms with Crippen LogP contribution >= 0.6 is 23.2 Å². The molecule has 0 amide bonds. The van der Waals surface area contributed by atoms with E-state index in [2.05, 4.69) is 6.07 Å². The fraction of sp³-hybridized carbons (Fsp3) is 0.154. The third-order valence-electron chi connectivity index (χ3n) is 5.53. The molecule has 4 rings (SSSR count). The lowest BCUT2D eigenvalue weighted by Crippen LogP contribution is -2.21. The quantitative estimate of drug-likeness (QED) is 0.355. The minimum Gasteiger partial charge on any atom is -0.482 e. The summed E-state index contributed by atoms with van der Waals surface area (Å²) in [7, 11) is 0. The normalized spacial score (nSPS) is 14.6. The maximum absolute atomic E-state index is 12.3. The van der Waals surface area contributed by atoms with E-state index in [1.165, 1.54) is 0 Å². The van der Waals surface area contributed by atoms with E-state index in [4.69, 9.17) is 43.1 Å². The standard InChI is InChI=1S/C26H20Cl2N2O4/c1-14-3-5-17(9-15(14)2)32-13-24(31)33-18-6-7-19-23(11-18)34-26(30)20(12-29)25(19)16-4-8-21(27)22(28)10-16/h3-11,25H,13,30H2,1-2H3. The summed E-state index contributed by atoms with van der Waals surface area (Å²) < 4.78 is 16.6. The number of halogens is 2. The maximum Gasteiger partial charge on any atom is 0.349 e. The number of esters is 1. The van der Waals surface area contributed by atoms with Crippen molar-refractivity contribution in [3.63, 3.8) is 0 Å². The van der Waals surface area contributed by atoms with Gasteiger partial charge < -0.3 is 19.9 Å². The van der Waals surface area contributed by atoms with Gasteiger partial charge in [-0.15, -0.1) is 0 Å². The van der Waals surface area contributed by atoms with Gasteiger partial charge in [0.25, 0.3) is 0 Å². The first-order valence-electron chi connectivity index (χ1n) is 10.3. The smallest absolute Gasteiger partial charge is 0.349 e. The Bertz CT molecular complexity index is 1360. The van der Waals surface area contributed by atoms with Crippen molar-refractivity contribution in [2.75, 3.05) is 6.61 Å². The molecular formula is C26H20Cl2N2O4. The van der Waals surface area contributed by atoms with Crippen molar-refractivity contribution in [2.24, 2.45) is 5.73 Å². The molecule has 172 valence electrons. The summed E-state index contributed by atoms with van der Waals surface area (Å²) in [5.74, 6) is 0.0898. The Labute approximate surface area is 207 Å². The van der Waals surface area contributed by atoms with Crippen LogP contribution in [0.25, 0.3) is 0 Å². The lowest BCUT2D eigenvalue weighted by molar-refractivity contribution is -0.136. The van der Waals surface area contributed by atoms with Crippen LogP contribution in [0.2, 0.25) is 10.0 Å². The Morgan fingerprint density at radius 3 is 2.50 bits per heavy atom. The number of nitrogens with zero attached hydrogens (tertiary/aromatic N) is 1. The molecule has 8 heteroatoms. The molecule has 1 heterocycles. The molecule has 2 N–H and O–H groups in total. The molecule has 0 spiro atoms. The molecule has 1 atom stereocenters. The first kappa shape index (κ1) is 23.5. The average molecular weight is 495 g/mol. The molecule has 3 aromatic carbocycles. The molecule has 34 heavy (non-hydrogen) atoms. The van der Waals surface area contributed by atoms with Crippen LogP contribution in [0.5, 0.6) is 17.2 Å². The molecule has 0 saturated carbocycles. The highest BCUT2D eigenvalue weighted by Gasteiger charge is 2.31. The first-order valence-corrected chi connectivity index (χ1v) is 11.1. The van der Waals surface area contributed by atoms with E-state index >= 15 is 0 Å². The number of carbonyl (C=O) groups excluding carboxylic acids is 1. The second kappa shape index (κ2) is 9.68. The lowest BCUT2D eigenvalue weighted by atomic mass is 9.83. The average Bonchev–Trinajstić information content (AvgIpc) is 2.80. The second-order valence-electron chi connectivity index (χ2n) is 7.81.